The molecular weight excluding hydrogens is 312 g/mol. The summed E-state index contributed by atoms with van der Waals surface area (Å²) in [5, 5.41) is 3.52. The van der Waals surface area contributed by atoms with Crippen LogP contribution in [0, 0.1) is 11.8 Å². The van der Waals surface area contributed by atoms with Crippen LogP contribution in [0.2, 0.25) is 5.02 Å². The Kier molecular flexibility index (Phi) is 6.05. The van der Waals surface area contributed by atoms with Crippen LogP contribution in [0.25, 0.3) is 0 Å². The molecular formula is C18H25ClN2O2. The Morgan fingerprint density at radius 3 is 2.30 bits per heavy atom. The van der Waals surface area contributed by atoms with E-state index in [1.165, 1.54) is 6.92 Å². The van der Waals surface area contributed by atoms with Gasteiger partial charge in [0.15, 0.2) is 0 Å². The summed E-state index contributed by atoms with van der Waals surface area (Å²) in [6.45, 7) is 7.44. The van der Waals surface area contributed by atoms with E-state index in [1.54, 1.807) is 12.1 Å². The van der Waals surface area contributed by atoms with E-state index in [2.05, 4.69) is 19.2 Å². The fourth-order valence-corrected chi connectivity index (χ4v) is 3.49. The molecule has 0 bridgehead atoms. The number of nitrogens with zero attached hydrogens (tertiary/aromatic N) is 1. The molecule has 23 heavy (non-hydrogen) atoms. The molecule has 1 fully saturated rings. The van der Waals surface area contributed by atoms with Crippen molar-refractivity contribution in [1.82, 2.24) is 10.2 Å². The van der Waals surface area contributed by atoms with Gasteiger partial charge in [-0.25, -0.2) is 0 Å². The van der Waals surface area contributed by atoms with Gasteiger partial charge in [-0.1, -0.05) is 37.6 Å². The van der Waals surface area contributed by atoms with Crippen LogP contribution in [0.15, 0.2) is 24.3 Å². The number of likely N-dealkylation sites (tertiary alicyclic amines) is 1. The monoisotopic (exact) mass is 336 g/mol. The lowest BCUT2D eigenvalue weighted by atomic mass is 9.91. The maximum atomic E-state index is 12.7. The first-order valence-electron chi connectivity index (χ1n) is 8.15. The second kappa shape index (κ2) is 7.82. The van der Waals surface area contributed by atoms with Crippen molar-refractivity contribution in [2.24, 2.45) is 11.8 Å². The molecule has 3 unspecified atom stereocenters. The number of rotatable bonds is 4. The molecule has 0 aliphatic carbocycles. The Hall–Kier alpha value is -1.55. The number of benzene rings is 1. The summed E-state index contributed by atoms with van der Waals surface area (Å²) in [7, 11) is 0. The smallest absolute Gasteiger partial charge is 0.225 e. The van der Waals surface area contributed by atoms with E-state index in [0.717, 1.165) is 25.1 Å². The van der Waals surface area contributed by atoms with Crippen molar-refractivity contribution in [3.8, 4) is 0 Å². The lowest BCUT2D eigenvalue weighted by molar-refractivity contribution is -0.134. The van der Waals surface area contributed by atoms with E-state index in [1.807, 2.05) is 17.0 Å². The molecule has 5 heteroatoms. The van der Waals surface area contributed by atoms with E-state index in [-0.39, 0.29) is 24.3 Å². The molecule has 1 aliphatic heterocycles. The molecule has 126 valence electrons. The van der Waals surface area contributed by atoms with Crippen LogP contribution in [-0.4, -0.2) is 29.8 Å². The van der Waals surface area contributed by atoms with Gasteiger partial charge in [-0.3, -0.25) is 9.59 Å². The third-order valence-electron chi connectivity index (χ3n) is 4.25. The highest BCUT2D eigenvalue weighted by atomic mass is 35.5. The Morgan fingerprint density at radius 1 is 1.22 bits per heavy atom. The van der Waals surface area contributed by atoms with Crippen LogP contribution in [-0.2, 0) is 9.59 Å². The summed E-state index contributed by atoms with van der Waals surface area (Å²) >= 11 is 5.92. The predicted molar refractivity (Wildman–Crippen MR) is 92.2 cm³/mol. The molecule has 1 saturated heterocycles. The summed E-state index contributed by atoms with van der Waals surface area (Å²) in [6.07, 6.45) is 1.44. The summed E-state index contributed by atoms with van der Waals surface area (Å²) in [6, 6.07) is 6.96. The molecule has 2 amide bonds. The number of nitrogens with one attached hydrogen (secondary N) is 1. The van der Waals surface area contributed by atoms with Crippen LogP contribution < -0.4 is 5.32 Å². The number of halogens is 1. The minimum absolute atomic E-state index is 0.0945. The number of hydrogen-bond donors (Lipinski definition) is 1. The number of piperidine rings is 1. The molecule has 0 spiro atoms. The van der Waals surface area contributed by atoms with Gasteiger partial charge in [0, 0.05) is 25.0 Å². The molecule has 2 rings (SSSR count). The standard InChI is InChI=1S/C18H25ClN2O2/c1-12-8-13(2)11-21(10-12)18(23)9-17(20-14(3)22)15-4-6-16(19)7-5-15/h4-7,12-13,17H,8-11H2,1-3H3,(H,20,22). The van der Waals surface area contributed by atoms with Gasteiger partial charge < -0.3 is 10.2 Å². The van der Waals surface area contributed by atoms with Crippen molar-refractivity contribution < 1.29 is 9.59 Å². The molecule has 3 atom stereocenters. The van der Waals surface area contributed by atoms with E-state index in [0.29, 0.717) is 16.9 Å². The van der Waals surface area contributed by atoms with Crippen molar-refractivity contribution in [2.45, 2.75) is 39.7 Å². The highest BCUT2D eigenvalue weighted by Crippen LogP contribution is 2.25. The topological polar surface area (TPSA) is 49.4 Å². The molecule has 0 saturated carbocycles. The zero-order valence-corrected chi connectivity index (χ0v) is 14.8. The van der Waals surface area contributed by atoms with Crippen LogP contribution in [0.3, 0.4) is 0 Å². The van der Waals surface area contributed by atoms with Gasteiger partial charge in [0.1, 0.15) is 0 Å². The average Bonchev–Trinajstić information content (AvgIpc) is 2.45. The molecule has 1 aliphatic rings. The highest BCUT2D eigenvalue weighted by molar-refractivity contribution is 6.30. The molecule has 0 aromatic heterocycles. The van der Waals surface area contributed by atoms with Gasteiger partial charge in [0.2, 0.25) is 11.8 Å². The van der Waals surface area contributed by atoms with Crippen LogP contribution >= 0.6 is 11.6 Å². The lowest BCUT2D eigenvalue weighted by Gasteiger charge is -2.36. The average molecular weight is 337 g/mol. The van der Waals surface area contributed by atoms with E-state index in [9.17, 15) is 9.59 Å². The molecule has 1 aromatic rings. The molecule has 1 N–H and O–H groups in total. The van der Waals surface area contributed by atoms with E-state index >= 15 is 0 Å². The molecule has 4 nitrogen and oxygen atoms in total. The van der Waals surface area contributed by atoms with E-state index in [4.69, 9.17) is 11.6 Å². The van der Waals surface area contributed by atoms with Gasteiger partial charge in [0.25, 0.3) is 0 Å². The maximum absolute atomic E-state index is 12.7. The Labute approximate surface area is 143 Å². The first-order valence-corrected chi connectivity index (χ1v) is 8.53. The van der Waals surface area contributed by atoms with Crippen molar-refractivity contribution in [3.05, 3.63) is 34.9 Å². The van der Waals surface area contributed by atoms with Crippen LogP contribution in [0.1, 0.15) is 45.2 Å². The molecule has 1 heterocycles. The maximum Gasteiger partial charge on any atom is 0.225 e. The fraction of sp³-hybridized carbons (Fsp3) is 0.556. The second-order valence-electron chi connectivity index (χ2n) is 6.75. The van der Waals surface area contributed by atoms with Gasteiger partial charge in [0.05, 0.1) is 12.5 Å². The SMILES string of the molecule is CC(=O)NC(CC(=O)N1CC(C)CC(C)C1)c1ccc(Cl)cc1. The summed E-state index contributed by atoms with van der Waals surface area (Å²) < 4.78 is 0. The van der Waals surface area contributed by atoms with Gasteiger partial charge in [-0.2, -0.15) is 0 Å². The summed E-state index contributed by atoms with van der Waals surface area (Å²) in [5.41, 5.74) is 0.899. The normalized spacial score (nSPS) is 22.5. The first-order chi connectivity index (χ1) is 10.8. The minimum atomic E-state index is -0.315. The highest BCUT2D eigenvalue weighted by Gasteiger charge is 2.27. The minimum Gasteiger partial charge on any atom is -0.349 e. The Morgan fingerprint density at radius 2 is 1.78 bits per heavy atom. The zero-order valence-electron chi connectivity index (χ0n) is 14.0. The quantitative estimate of drug-likeness (QED) is 0.916. The van der Waals surface area contributed by atoms with Crippen molar-refractivity contribution in [3.63, 3.8) is 0 Å². The Balaban J connectivity index is 2.09. The fourth-order valence-electron chi connectivity index (χ4n) is 3.36. The second-order valence-corrected chi connectivity index (χ2v) is 7.19. The van der Waals surface area contributed by atoms with Gasteiger partial charge in [-0.05, 0) is 36.0 Å². The third-order valence-corrected chi connectivity index (χ3v) is 4.50. The number of carbonyl (C=O) groups is 2. The first kappa shape index (κ1) is 17.8. The number of carbonyl (C=O) groups excluding carboxylic acids is 2. The van der Waals surface area contributed by atoms with E-state index < -0.39 is 0 Å². The Bertz CT molecular complexity index is 549. The van der Waals surface area contributed by atoms with Gasteiger partial charge >= 0.3 is 0 Å². The van der Waals surface area contributed by atoms with Crippen LogP contribution in [0.4, 0.5) is 0 Å². The summed E-state index contributed by atoms with van der Waals surface area (Å²) in [4.78, 5) is 26.1. The van der Waals surface area contributed by atoms with Crippen LogP contribution in [0.5, 0.6) is 0 Å². The van der Waals surface area contributed by atoms with Gasteiger partial charge in [-0.15, -0.1) is 0 Å². The number of amides is 2. The predicted octanol–water partition coefficient (Wildman–Crippen LogP) is 3.41. The largest absolute Gasteiger partial charge is 0.349 e. The zero-order chi connectivity index (χ0) is 17.0. The lowest BCUT2D eigenvalue weighted by Crippen LogP contribution is -2.44. The van der Waals surface area contributed by atoms with Crippen molar-refractivity contribution in [2.75, 3.05) is 13.1 Å². The molecule has 0 radical (unpaired) electrons. The van der Waals surface area contributed by atoms with Crippen molar-refractivity contribution in [1.29, 1.82) is 0 Å². The number of hydrogen-bond acceptors (Lipinski definition) is 2. The summed E-state index contributed by atoms with van der Waals surface area (Å²) in [5.74, 6) is 1.00. The molecule has 1 aromatic carbocycles. The van der Waals surface area contributed by atoms with Crippen molar-refractivity contribution >= 4 is 23.4 Å². The third kappa shape index (κ3) is 5.24.